The monoisotopic (exact) mass is 564 g/mol. The number of benzene rings is 4. The first kappa shape index (κ1) is 28.9. The van der Waals surface area contributed by atoms with Crippen LogP contribution in [0, 0.1) is 0 Å². The number of anilines is 1. The molecule has 0 spiro atoms. The van der Waals surface area contributed by atoms with Crippen molar-refractivity contribution >= 4 is 22.5 Å². The lowest BCUT2D eigenvalue weighted by Crippen LogP contribution is -2.37. The van der Waals surface area contributed by atoms with Crippen molar-refractivity contribution in [2.75, 3.05) is 31.6 Å². The summed E-state index contributed by atoms with van der Waals surface area (Å²) < 4.78 is 14.0. The zero-order valence-corrected chi connectivity index (χ0v) is 23.7. The van der Waals surface area contributed by atoms with E-state index in [2.05, 4.69) is 34.5 Å². The van der Waals surface area contributed by atoms with Crippen LogP contribution in [0.25, 0.3) is 10.9 Å². The van der Waals surface area contributed by atoms with E-state index in [1.165, 1.54) is 12.5 Å². The summed E-state index contributed by atoms with van der Waals surface area (Å²) in [7, 11) is 0. The summed E-state index contributed by atoms with van der Waals surface area (Å²) in [6.07, 6.45) is 1.28. The molecule has 0 radical (unpaired) electrons. The van der Waals surface area contributed by atoms with Gasteiger partial charge in [0.05, 0.1) is 17.4 Å². The molecule has 1 amide bonds. The second kappa shape index (κ2) is 14.3. The summed E-state index contributed by atoms with van der Waals surface area (Å²) >= 11 is 0. The molecule has 5 aromatic rings. The number of aromatic nitrogens is 2. The molecule has 0 aliphatic heterocycles. The van der Waals surface area contributed by atoms with Gasteiger partial charge in [0.25, 0.3) is 0 Å². The number of carbonyl (C=O) groups excluding carboxylic acids is 1. The molecule has 8 heteroatoms. The number of nitrogens with one attached hydrogen (secondary N) is 1. The lowest BCUT2D eigenvalue weighted by atomic mass is 10.2. The smallest absolute Gasteiger partial charge is 0.221 e. The van der Waals surface area contributed by atoms with Crippen molar-refractivity contribution in [2.24, 2.45) is 0 Å². The molecule has 5 rings (SSSR count). The van der Waals surface area contributed by atoms with E-state index in [1.54, 1.807) is 0 Å². The molecule has 0 aliphatic rings. The van der Waals surface area contributed by atoms with Gasteiger partial charge in [-0.05, 0) is 47.5 Å². The van der Waals surface area contributed by atoms with Crippen molar-refractivity contribution in [3.05, 3.63) is 120 Å². The van der Waals surface area contributed by atoms with E-state index in [1.807, 2.05) is 89.7 Å². The molecule has 42 heavy (non-hydrogen) atoms. The third-order valence-electron chi connectivity index (χ3n) is 6.74. The summed E-state index contributed by atoms with van der Waals surface area (Å²) in [6, 6.07) is 33.5. The molecule has 216 valence electrons. The Morgan fingerprint density at radius 1 is 0.905 bits per heavy atom. The van der Waals surface area contributed by atoms with Crippen LogP contribution < -0.4 is 14.8 Å². The van der Waals surface area contributed by atoms with Crippen LogP contribution in [0.3, 0.4) is 0 Å². The minimum Gasteiger partial charge on any atom is -0.492 e. The van der Waals surface area contributed by atoms with E-state index in [4.69, 9.17) is 14.6 Å². The summed E-state index contributed by atoms with van der Waals surface area (Å²) in [4.78, 5) is 13.4. The quantitative estimate of drug-likeness (QED) is 0.189. The number of hydrogen-bond acceptors (Lipinski definition) is 6. The van der Waals surface area contributed by atoms with Gasteiger partial charge < -0.3 is 19.9 Å². The largest absolute Gasteiger partial charge is 0.492 e. The molecule has 1 atom stereocenters. The average molecular weight is 565 g/mol. The number of amides is 1. The molecule has 0 fully saturated rings. The van der Waals surface area contributed by atoms with Gasteiger partial charge in [0.2, 0.25) is 5.91 Å². The van der Waals surface area contributed by atoms with Crippen molar-refractivity contribution in [1.29, 1.82) is 0 Å². The van der Waals surface area contributed by atoms with Gasteiger partial charge in [-0.25, -0.2) is 0 Å². The number of fused-ring (bicyclic) bond motifs is 1. The SMILES string of the molecule is CC(=O)Nc1ccc(OCCN(Cc2ccccc2)CC(O)COc2cccc3nn(Cc4ccccc4)cc23)cc1. The molecule has 0 saturated carbocycles. The molecular formula is C34H36N4O4. The number of carbonyl (C=O) groups is 1. The summed E-state index contributed by atoms with van der Waals surface area (Å²) in [5.74, 6) is 1.30. The van der Waals surface area contributed by atoms with Crippen LogP contribution in [0.4, 0.5) is 5.69 Å². The topological polar surface area (TPSA) is 88.8 Å². The van der Waals surface area contributed by atoms with Crippen molar-refractivity contribution in [1.82, 2.24) is 14.7 Å². The van der Waals surface area contributed by atoms with Gasteiger partial charge in [-0.1, -0.05) is 66.7 Å². The van der Waals surface area contributed by atoms with E-state index in [0.29, 0.717) is 44.3 Å². The highest BCUT2D eigenvalue weighted by molar-refractivity contribution is 5.88. The number of aliphatic hydroxyl groups is 1. The fraction of sp³-hybridized carbons (Fsp3) is 0.235. The third-order valence-corrected chi connectivity index (χ3v) is 6.74. The first-order valence-corrected chi connectivity index (χ1v) is 14.1. The molecule has 1 unspecified atom stereocenters. The van der Waals surface area contributed by atoms with Crippen LogP contribution in [0.5, 0.6) is 11.5 Å². The molecule has 8 nitrogen and oxygen atoms in total. The Balaban J connectivity index is 1.18. The highest BCUT2D eigenvalue weighted by Crippen LogP contribution is 2.25. The van der Waals surface area contributed by atoms with Crippen molar-refractivity contribution < 1.29 is 19.4 Å². The van der Waals surface area contributed by atoms with Crippen molar-refractivity contribution in [3.63, 3.8) is 0 Å². The first-order chi connectivity index (χ1) is 20.5. The maximum Gasteiger partial charge on any atom is 0.221 e. The minimum absolute atomic E-state index is 0.113. The fourth-order valence-corrected chi connectivity index (χ4v) is 4.79. The Hall–Kier alpha value is -4.66. The van der Waals surface area contributed by atoms with Gasteiger partial charge in [0.15, 0.2) is 0 Å². The van der Waals surface area contributed by atoms with Crippen LogP contribution in [0.15, 0.2) is 109 Å². The van der Waals surface area contributed by atoms with Gasteiger partial charge in [-0.15, -0.1) is 0 Å². The second-order valence-corrected chi connectivity index (χ2v) is 10.2. The zero-order chi connectivity index (χ0) is 29.1. The van der Waals surface area contributed by atoms with Gasteiger partial charge >= 0.3 is 0 Å². The first-order valence-electron chi connectivity index (χ1n) is 14.1. The van der Waals surface area contributed by atoms with E-state index >= 15 is 0 Å². The Morgan fingerprint density at radius 2 is 1.62 bits per heavy atom. The second-order valence-electron chi connectivity index (χ2n) is 10.2. The van der Waals surface area contributed by atoms with Crippen molar-refractivity contribution in [3.8, 4) is 11.5 Å². The molecule has 1 aromatic heterocycles. The van der Waals surface area contributed by atoms with Crippen molar-refractivity contribution in [2.45, 2.75) is 26.1 Å². The highest BCUT2D eigenvalue weighted by Gasteiger charge is 2.15. The Bertz CT molecular complexity index is 1560. The Kier molecular flexibility index (Phi) is 9.82. The highest BCUT2D eigenvalue weighted by atomic mass is 16.5. The number of nitrogens with zero attached hydrogens (tertiary/aromatic N) is 3. The molecule has 0 aliphatic carbocycles. The average Bonchev–Trinajstić information content (AvgIpc) is 3.41. The van der Waals surface area contributed by atoms with E-state index in [0.717, 1.165) is 22.2 Å². The predicted molar refractivity (Wildman–Crippen MR) is 165 cm³/mol. The number of rotatable bonds is 14. The van der Waals surface area contributed by atoms with Crippen LogP contribution in [-0.2, 0) is 17.9 Å². The number of hydrogen-bond donors (Lipinski definition) is 2. The Morgan fingerprint density at radius 3 is 2.33 bits per heavy atom. The van der Waals surface area contributed by atoms with Gasteiger partial charge in [-0.2, -0.15) is 5.10 Å². The zero-order valence-electron chi connectivity index (χ0n) is 23.7. The van der Waals surface area contributed by atoms with Gasteiger partial charge in [0.1, 0.15) is 30.8 Å². The van der Waals surface area contributed by atoms with Crippen LogP contribution in [0.2, 0.25) is 0 Å². The normalized spacial score (nSPS) is 11.9. The number of aliphatic hydroxyl groups excluding tert-OH is 1. The van der Waals surface area contributed by atoms with Gasteiger partial charge in [-0.3, -0.25) is 14.4 Å². The minimum atomic E-state index is -0.708. The molecule has 0 bridgehead atoms. The van der Waals surface area contributed by atoms with Gasteiger partial charge in [0, 0.05) is 38.4 Å². The summed E-state index contributed by atoms with van der Waals surface area (Å²) in [6.45, 7) is 4.45. The fourth-order valence-electron chi connectivity index (χ4n) is 4.79. The molecule has 2 N–H and O–H groups in total. The predicted octanol–water partition coefficient (Wildman–Crippen LogP) is 5.36. The third kappa shape index (κ3) is 8.42. The van der Waals surface area contributed by atoms with E-state index in [-0.39, 0.29) is 12.5 Å². The lowest BCUT2D eigenvalue weighted by Gasteiger charge is -2.25. The molecule has 1 heterocycles. The maximum atomic E-state index is 11.2. The van der Waals surface area contributed by atoms with Crippen LogP contribution in [0.1, 0.15) is 18.1 Å². The molecule has 4 aromatic carbocycles. The van der Waals surface area contributed by atoms with Crippen LogP contribution in [-0.4, -0.2) is 58.1 Å². The number of ether oxygens (including phenoxy) is 2. The lowest BCUT2D eigenvalue weighted by molar-refractivity contribution is -0.114. The molecular weight excluding hydrogens is 528 g/mol. The Labute approximate surface area is 246 Å². The summed E-state index contributed by atoms with van der Waals surface area (Å²) in [5, 5.41) is 19.4. The van der Waals surface area contributed by atoms with Crippen LogP contribution >= 0.6 is 0 Å². The van der Waals surface area contributed by atoms with E-state index in [9.17, 15) is 9.90 Å². The standard InChI is InChI=1S/C34H36N4O4/c1-26(39)35-29-15-17-31(18-16-29)41-20-19-37(21-27-9-4-2-5-10-27)23-30(40)25-42-34-14-8-13-33-32(34)24-38(36-33)22-28-11-6-3-7-12-28/h2-18,24,30,40H,19-23,25H2,1H3,(H,35,39). The summed E-state index contributed by atoms with van der Waals surface area (Å²) in [5.41, 5.74) is 3.90. The van der Waals surface area contributed by atoms with E-state index < -0.39 is 6.10 Å². The maximum absolute atomic E-state index is 11.2. The molecule has 0 saturated heterocycles.